The molecule has 0 aliphatic carbocycles. The number of carbonyl (C=O) groups is 1. The normalized spacial score (nSPS) is 12.2. The topological polar surface area (TPSA) is 75.4 Å². The summed E-state index contributed by atoms with van der Waals surface area (Å²) in [4.78, 5) is 12.2. The molecule has 1 atom stereocenters. The van der Waals surface area contributed by atoms with E-state index in [-0.39, 0.29) is 27.3 Å². The first-order valence-corrected chi connectivity index (χ1v) is 7.45. The number of amides is 1. The molecule has 0 fully saturated rings. The molecule has 2 rings (SSSR count). The van der Waals surface area contributed by atoms with Crippen molar-refractivity contribution in [3.05, 3.63) is 44.8 Å². The zero-order valence-corrected chi connectivity index (χ0v) is 13.9. The first-order valence-electron chi connectivity index (χ1n) is 6.70. The Kier molecular flexibility index (Phi) is 4.98. The largest absolute Gasteiger partial charge is 0.507 e. The van der Waals surface area contributed by atoms with Crippen LogP contribution in [-0.4, -0.2) is 22.7 Å². The number of aryl methyl sites for hydroxylation is 2. The SMILES string of the molecule is Cc1noc(C)c1[C@H](C)CNC(=O)c1c(O)cc(Cl)cc1Cl. The number of aromatic hydroxyl groups is 1. The highest BCUT2D eigenvalue weighted by Crippen LogP contribution is 2.30. The number of rotatable bonds is 4. The second kappa shape index (κ2) is 6.58. The van der Waals surface area contributed by atoms with E-state index in [1.54, 1.807) is 0 Å². The van der Waals surface area contributed by atoms with Gasteiger partial charge in [0.2, 0.25) is 0 Å². The van der Waals surface area contributed by atoms with Crippen molar-refractivity contribution < 1.29 is 14.4 Å². The summed E-state index contributed by atoms with van der Waals surface area (Å²) in [5, 5.41) is 16.8. The molecule has 1 heterocycles. The predicted molar refractivity (Wildman–Crippen MR) is 84.9 cm³/mol. The molecule has 1 aromatic carbocycles. The van der Waals surface area contributed by atoms with Crippen molar-refractivity contribution in [1.29, 1.82) is 0 Å². The van der Waals surface area contributed by atoms with E-state index in [4.69, 9.17) is 27.7 Å². The predicted octanol–water partition coefficient (Wildman–Crippen LogP) is 3.84. The maximum absolute atomic E-state index is 12.2. The molecule has 0 unspecified atom stereocenters. The van der Waals surface area contributed by atoms with Gasteiger partial charge in [0.1, 0.15) is 11.5 Å². The lowest BCUT2D eigenvalue weighted by molar-refractivity contribution is 0.0949. The van der Waals surface area contributed by atoms with E-state index >= 15 is 0 Å². The molecule has 2 N–H and O–H groups in total. The summed E-state index contributed by atoms with van der Waals surface area (Å²) < 4.78 is 5.12. The number of carbonyl (C=O) groups excluding carboxylic acids is 1. The number of phenolic OH excluding ortho intramolecular Hbond substituents is 1. The third-order valence-electron chi connectivity index (χ3n) is 3.41. The van der Waals surface area contributed by atoms with Gasteiger partial charge in [-0.2, -0.15) is 0 Å². The molecule has 0 aliphatic rings. The van der Waals surface area contributed by atoms with Gasteiger partial charge in [-0.25, -0.2) is 0 Å². The van der Waals surface area contributed by atoms with Gasteiger partial charge in [-0.1, -0.05) is 35.3 Å². The minimum absolute atomic E-state index is 0.0111. The highest BCUT2D eigenvalue weighted by atomic mass is 35.5. The number of nitrogens with one attached hydrogen (secondary N) is 1. The number of aromatic nitrogens is 1. The maximum atomic E-state index is 12.2. The van der Waals surface area contributed by atoms with Crippen LogP contribution in [0.15, 0.2) is 16.7 Å². The molecule has 0 aliphatic heterocycles. The zero-order chi connectivity index (χ0) is 16.4. The van der Waals surface area contributed by atoms with Crippen LogP contribution in [0, 0.1) is 13.8 Å². The van der Waals surface area contributed by atoms with Crippen LogP contribution in [0.4, 0.5) is 0 Å². The lowest BCUT2D eigenvalue weighted by Gasteiger charge is -2.14. The number of halogens is 2. The van der Waals surface area contributed by atoms with Crippen LogP contribution in [0.2, 0.25) is 10.0 Å². The average Bonchev–Trinajstić information content (AvgIpc) is 2.74. The van der Waals surface area contributed by atoms with Crippen molar-refractivity contribution in [3.63, 3.8) is 0 Å². The number of hydrogen-bond acceptors (Lipinski definition) is 4. The summed E-state index contributed by atoms with van der Waals surface area (Å²) in [6.45, 7) is 6.00. The Morgan fingerprint density at radius 1 is 1.41 bits per heavy atom. The molecule has 5 nitrogen and oxygen atoms in total. The van der Waals surface area contributed by atoms with Crippen molar-refractivity contribution in [2.75, 3.05) is 6.54 Å². The second-order valence-electron chi connectivity index (χ2n) is 5.13. The quantitative estimate of drug-likeness (QED) is 0.885. The number of hydrogen-bond donors (Lipinski definition) is 2. The van der Waals surface area contributed by atoms with Crippen molar-refractivity contribution in [3.8, 4) is 5.75 Å². The fourth-order valence-electron chi connectivity index (χ4n) is 2.41. The first kappa shape index (κ1) is 16.6. The van der Waals surface area contributed by atoms with Gasteiger partial charge in [-0.15, -0.1) is 0 Å². The van der Waals surface area contributed by atoms with Crippen LogP contribution in [0.3, 0.4) is 0 Å². The summed E-state index contributed by atoms with van der Waals surface area (Å²) in [6, 6.07) is 2.69. The Bertz CT molecular complexity index is 670. The van der Waals surface area contributed by atoms with Crippen LogP contribution in [0.1, 0.15) is 40.2 Å². The molecule has 0 spiro atoms. The van der Waals surface area contributed by atoms with Crippen LogP contribution in [-0.2, 0) is 0 Å². The van der Waals surface area contributed by atoms with Crippen LogP contribution < -0.4 is 5.32 Å². The molecule has 0 saturated carbocycles. The molecule has 22 heavy (non-hydrogen) atoms. The molecule has 0 bridgehead atoms. The number of phenols is 1. The summed E-state index contributed by atoms with van der Waals surface area (Å²) in [5.74, 6) is 0.0350. The van der Waals surface area contributed by atoms with Gasteiger partial charge in [-0.05, 0) is 26.0 Å². The Morgan fingerprint density at radius 3 is 2.64 bits per heavy atom. The van der Waals surface area contributed by atoms with Gasteiger partial charge in [-0.3, -0.25) is 4.79 Å². The Morgan fingerprint density at radius 2 is 2.09 bits per heavy atom. The van der Waals surface area contributed by atoms with E-state index < -0.39 is 5.91 Å². The summed E-state index contributed by atoms with van der Waals surface area (Å²) in [6.07, 6.45) is 0. The fraction of sp³-hybridized carbons (Fsp3) is 0.333. The fourth-order valence-corrected chi connectivity index (χ4v) is 2.98. The van der Waals surface area contributed by atoms with Gasteiger partial charge in [0.15, 0.2) is 0 Å². The van der Waals surface area contributed by atoms with E-state index in [2.05, 4.69) is 10.5 Å². The second-order valence-corrected chi connectivity index (χ2v) is 5.97. The Labute approximate surface area is 138 Å². The molecule has 7 heteroatoms. The maximum Gasteiger partial charge on any atom is 0.256 e. The highest BCUT2D eigenvalue weighted by Gasteiger charge is 2.20. The molecule has 2 aromatic rings. The molecular formula is C15H16Cl2N2O3. The number of nitrogens with zero attached hydrogens (tertiary/aromatic N) is 1. The smallest absolute Gasteiger partial charge is 0.256 e. The molecular weight excluding hydrogens is 327 g/mol. The summed E-state index contributed by atoms with van der Waals surface area (Å²) in [5.41, 5.74) is 1.77. The monoisotopic (exact) mass is 342 g/mol. The Hall–Kier alpha value is -1.72. The molecule has 0 radical (unpaired) electrons. The minimum Gasteiger partial charge on any atom is -0.507 e. The summed E-state index contributed by atoms with van der Waals surface area (Å²) in [7, 11) is 0. The molecule has 1 amide bonds. The van der Waals surface area contributed by atoms with Gasteiger partial charge < -0.3 is 14.9 Å². The molecule has 118 valence electrons. The van der Waals surface area contributed by atoms with E-state index in [9.17, 15) is 9.90 Å². The third-order valence-corrected chi connectivity index (χ3v) is 3.93. The third kappa shape index (κ3) is 3.36. The standard InChI is InChI=1S/C15H16Cl2N2O3/c1-7(13-8(2)19-22-9(13)3)6-18-15(21)14-11(17)4-10(16)5-12(14)20/h4-5,7,20H,6H2,1-3H3,(H,18,21)/t7-/m1/s1. The summed E-state index contributed by atoms with van der Waals surface area (Å²) >= 11 is 11.7. The van der Waals surface area contributed by atoms with Crippen molar-refractivity contribution >= 4 is 29.1 Å². The lowest BCUT2D eigenvalue weighted by Crippen LogP contribution is -2.28. The number of benzene rings is 1. The van der Waals surface area contributed by atoms with Crippen molar-refractivity contribution in [2.45, 2.75) is 26.7 Å². The van der Waals surface area contributed by atoms with Crippen molar-refractivity contribution in [1.82, 2.24) is 10.5 Å². The first-order chi connectivity index (χ1) is 10.3. The van der Waals surface area contributed by atoms with E-state index in [1.165, 1.54) is 12.1 Å². The Balaban J connectivity index is 2.11. The van der Waals surface area contributed by atoms with Gasteiger partial charge in [0, 0.05) is 23.0 Å². The lowest BCUT2D eigenvalue weighted by atomic mass is 9.99. The van der Waals surface area contributed by atoms with Crippen LogP contribution in [0.5, 0.6) is 5.75 Å². The van der Waals surface area contributed by atoms with E-state index in [0.29, 0.717) is 6.54 Å². The average molecular weight is 343 g/mol. The zero-order valence-electron chi connectivity index (χ0n) is 12.4. The molecule has 0 saturated heterocycles. The van der Waals surface area contributed by atoms with Crippen LogP contribution in [0.25, 0.3) is 0 Å². The van der Waals surface area contributed by atoms with Crippen LogP contribution >= 0.6 is 23.2 Å². The minimum atomic E-state index is -0.460. The van der Waals surface area contributed by atoms with E-state index in [1.807, 2.05) is 20.8 Å². The van der Waals surface area contributed by atoms with Crippen molar-refractivity contribution in [2.24, 2.45) is 0 Å². The highest BCUT2D eigenvalue weighted by molar-refractivity contribution is 6.37. The van der Waals surface area contributed by atoms with Gasteiger partial charge >= 0.3 is 0 Å². The van der Waals surface area contributed by atoms with Gasteiger partial charge in [0.05, 0.1) is 16.3 Å². The molecule has 1 aromatic heterocycles. The van der Waals surface area contributed by atoms with Gasteiger partial charge in [0.25, 0.3) is 5.91 Å². The van der Waals surface area contributed by atoms with E-state index in [0.717, 1.165) is 17.0 Å².